The van der Waals surface area contributed by atoms with Crippen molar-refractivity contribution in [1.29, 1.82) is 0 Å². The van der Waals surface area contributed by atoms with E-state index in [0.717, 1.165) is 12.0 Å². The summed E-state index contributed by atoms with van der Waals surface area (Å²) in [6, 6.07) is 7.24. The molecule has 0 saturated carbocycles. The Labute approximate surface area is 81.1 Å². The highest BCUT2D eigenvalue weighted by Crippen LogP contribution is 2.55. The van der Waals surface area contributed by atoms with Crippen LogP contribution in [0.15, 0.2) is 29.2 Å². The second-order valence-electron chi connectivity index (χ2n) is 2.54. The fourth-order valence-corrected chi connectivity index (χ4v) is 3.04. The summed E-state index contributed by atoms with van der Waals surface area (Å²) in [6.45, 7) is -2.05. The third kappa shape index (κ3) is 3.53. The molecular weight excluding hydrogens is 207 g/mol. The summed E-state index contributed by atoms with van der Waals surface area (Å²) in [5.74, 6) is 0. The number of benzene rings is 1. The molecule has 0 amide bonds. The molecule has 13 heavy (non-hydrogen) atoms. The highest BCUT2D eigenvalue weighted by atomic mass is 32.7. The van der Waals surface area contributed by atoms with Crippen molar-refractivity contribution in [2.24, 2.45) is 0 Å². The van der Waals surface area contributed by atoms with E-state index in [1.165, 1.54) is 0 Å². The molecule has 0 spiro atoms. The van der Waals surface area contributed by atoms with Crippen molar-refractivity contribution in [3.05, 3.63) is 29.8 Å². The molecular formula is C8H11O3PS. The normalized spacial score (nSPS) is 11.6. The molecule has 0 aliphatic rings. The van der Waals surface area contributed by atoms with Crippen LogP contribution >= 0.6 is 18.2 Å². The number of aryl methyl sites for hydroxylation is 1. The van der Waals surface area contributed by atoms with E-state index in [-0.39, 0.29) is 0 Å². The minimum atomic E-state index is -4.01. The van der Waals surface area contributed by atoms with Gasteiger partial charge in [0.25, 0.3) is 0 Å². The summed E-state index contributed by atoms with van der Waals surface area (Å²) < 4.78 is 10.7. The topological polar surface area (TPSA) is 57.5 Å². The molecule has 0 atom stereocenters. The van der Waals surface area contributed by atoms with Gasteiger partial charge in [-0.1, -0.05) is 25.1 Å². The van der Waals surface area contributed by atoms with Crippen LogP contribution in [0.1, 0.15) is 12.5 Å². The minimum Gasteiger partial charge on any atom is -0.316 e. The lowest BCUT2D eigenvalue weighted by Crippen LogP contribution is -1.83. The molecule has 0 heterocycles. The Kier molecular flexibility index (Phi) is 3.56. The van der Waals surface area contributed by atoms with Crippen molar-refractivity contribution < 1.29 is 14.4 Å². The summed E-state index contributed by atoms with van der Waals surface area (Å²) in [6.07, 6.45) is 0.781. The van der Waals surface area contributed by atoms with Gasteiger partial charge in [0.15, 0.2) is 0 Å². The predicted octanol–water partition coefficient (Wildman–Crippen LogP) is 2.43. The Morgan fingerprint density at radius 2 is 2.00 bits per heavy atom. The Morgan fingerprint density at radius 1 is 1.38 bits per heavy atom. The van der Waals surface area contributed by atoms with E-state index in [9.17, 15) is 4.57 Å². The molecule has 0 aliphatic carbocycles. The second kappa shape index (κ2) is 4.29. The first kappa shape index (κ1) is 10.8. The van der Waals surface area contributed by atoms with Crippen molar-refractivity contribution >= 4 is 18.2 Å². The molecule has 0 radical (unpaired) electrons. The van der Waals surface area contributed by atoms with E-state index in [0.29, 0.717) is 16.3 Å². The average molecular weight is 218 g/mol. The van der Waals surface area contributed by atoms with Gasteiger partial charge in [-0.3, -0.25) is 0 Å². The molecule has 3 nitrogen and oxygen atoms in total. The maximum Gasteiger partial charge on any atom is 0.388 e. The van der Waals surface area contributed by atoms with E-state index < -0.39 is 6.80 Å². The van der Waals surface area contributed by atoms with Crippen molar-refractivity contribution in [2.75, 3.05) is 0 Å². The van der Waals surface area contributed by atoms with Crippen molar-refractivity contribution in [3.63, 3.8) is 0 Å². The fourth-order valence-electron chi connectivity index (χ4n) is 1.01. The molecule has 0 aliphatic heterocycles. The summed E-state index contributed by atoms with van der Waals surface area (Å²) in [5, 5.41) is 0. The van der Waals surface area contributed by atoms with Crippen LogP contribution in [-0.4, -0.2) is 9.79 Å². The summed E-state index contributed by atoms with van der Waals surface area (Å²) in [4.78, 5) is 18.2. The van der Waals surface area contributed by atoms with E-state index in [1.54, 1.807) is 12.1 Å². The van der Waals surface area contributed by atoms with Crippen LogP contribution in [0.2, 0.25) is 0 Å². The SMILES string of the molecule is CCc1ccccc1SP(=O)(O)O. The van der Waals surface area contributed by atoms with Crippen LogP contribution in [0.5, 0.6) is 0 Å². The number of hydrogen-bond acceptors (Lipinski definition) is 2. The standard InChI is InChI=1S/C8H11O3PS/c1-2-7-5-3-4-6-8(7)13-12(9,10)11/h3-6H,2H2,1H3,(H2,9,10,11). The maximum absolute atomic E-state index is 10.7. The van der Waals surface area contributed by atoms with Crippen molar-refractivity contribution in [3.8, 4) is 0 Å². The quantitative estimate of drug-likeness (QED) is 0.765. The van der Waals surface area contributed by atoms with Crippen molar-refractivity contribution in [1.82, 2.24) is 0 Å². The van der Waals surface area contributed by atoms with Crippen LogP contribution in [-0.2, 0) is 11.0 Å². The van der Waals surface area contributed by atoms with Gasteiger partial charge in [-0.05, 0) is 29.4 Å². The molecule has 0 bridgehead atoms. The fraction of sp³-hybridized carbons (Fsp3) is 0.250. The first-order valence-electron chi connectivity index (χ1n) is 3.86. The van der Waals surface area contributed by atoms with Gasteiger partial charge >= 0.3 is 6.80 Å². The number of rotatable bonds is 3. The van der Waals surface area contributed by atoms with E-state index in [4.69, 9.17) is 9.79 Å². The lowest BCUT2D eigenvalue weighted by atomic mass is 10.2. The molecule has 1 aromatic carbocycles. The van der Waals surface area contributed by atoms with E-state index in [1.807, 2.05) is 19.1 Å². The largest absolute Gasteiger partial charge is 0.388 e. The first-order chi connectivity index (χ1) is 6.03. The van der Waals surface area contributed by atoms with Gasteiger partial charge in [0, 0.05) is 4.90 Å². The molecule has 0 fully saturated rings. The monoisotopic (exact) mass is 218 g/mol. The molecule has 0 saturated heterocycles. The molecule has 1 aromatic rings. The van der Waals surface area contributed by atoms with Gasteiger partial charge in [-0.2, -0.15) is 0 Å². The Morgan fingerprint density at radius 3 is 2.54 bits per heavy atom. The minimum absolute atomic E-state index is 0.619. The van der Waals surface area contributed by atoms with Gasteiger partial charge in [-0.25, -0.2) is 4.57 Å². The Hall–Kier alpha value is -0.280. The maximum atomic E-state index is 10.7. The lowest BCUT2D eigenvalue weighted by molar-refractivity contribution is 0.397. The second-order valence-corrected chi connectivity index (χ2v) is 6.12. The third-order valence-electron chi connectivity index (χ3n) is 1.57. The molecule has 1 rings (SSSR count). The zero-order valence-corrected chi connectivity index (χ0v) is 8.89. The third-order valence-corrected chi connectivity index (χ3v) is 3.71. The Bertz CT molecular complexity index is 334. The number of hydrogen-bond donors (Lipinski definition) is 2. The highest BCUT2D eigenvalue weighted by molar-refractivity contribution is 8.54. The average Bonchev–Trinajstić information content (AvgIpc) is 2.02. The van der Waals surface area contributed by atoms with Gasteiger partial charge in [-0.15, -0.1) is 0 Å². The van der Waals surface area contributed by atoms with Gasteiger partial charge in [0.2, 0.25) is 0 Å². The summed E-state index contributed by atoms with van der Waals surface area (Å²) >= 11 is 0.619. The predicted molar refractivity (Wildman–Crippen MR) is 53.7 cm³/mol. The Balaban J connectivity index is 2.94. The van der Waals surface area contributed by atoms with Gasteiger partial charge in [0.05, 0.1) is 0 Å². The molecule has 2 N–H and O–H groups in total. The molecule has 0 unspecified atom stereocenters. The van der Waals surface area contributed by atoms with Gasteiger partial charge in [0.1, 0.15) is 0 Å². The van der Waals surface area contributed by atoms with Crippen molar-refractivity contribution in [2.45, 2.75) is 18.2 Å². The van der Waals surface area contributed by atoms with Crippen LogP contribution < -0.4 is 0 Å². The summed E-state index contributed by atoms with van der Waals surface area (Å²) in [5.41, 5.74) is 0.968. The van der Waals surface area contributed by atoms with E-state index in [2.05, 4.69) is 0 Å². The smallest absolute Gasteiger partial charge is 0.316 e. The highest BCUT2D eigenvalue weighted by Gasteiger charge is 2.16. The first-order valence-corrected chi connectivity index (χ1v) is 6.89. The molecule has 5 heteroatoms. The lowest BCUT2D eigenvalue weighted by Gasteiger charge is -2.07. The van der Waals surface area contributed by atoms with Crippen LogP contribution in [0.25, 0.3) is 0 Å². The molecule has 72 valence electrons. The van der Waals surface area contributed by atoms with Gasteiger partial charge < -0.3 is 9.79 Å². The van der Waals surface area contributed by atoms with Crippen LogP contribution in [0.4, 0.5) is 0 Å². The van der Waals surface area contributed by atoms with Crippen LogP contribution in [0, 0.1) is 0 Å². The summed E-state index contributed by atoms with van der Waals surface area (Å²) in [7, 11) is 0. The van der Waals surface area contributed by atoms with Crippen LogP contribution in [0.3, 0.4) is 0 Å². The molecule has 0 aromatic heterocycles. The van der Waals surface area contributed by atoms with E-state index >= 15 is 0 Å². The zero-order chi connectivity index (χ0) is 9.90. The zero-order valence-electron chi connectivity index (χ0n) is 7.17.